The number of hydrogen-bond donors (Lipinski definition) is 3. The van der Waals surface area contributed by atoms with E-state index in [1.807, 2.05) is 43.3 Å². The van der Waals surface area contributed by atoms with Crippen molar-refractivity contribution < 1.29 is 4.39 Å². The molecule has 0 atom stereocenters. The van der Waals surface area contributed by atoms with Gasteiger partial charge in [0.2, 0.25) is 0 Å². The molecule has 39 heavy (non-hydrogen) atoms. The summed E-state index contributed by atoms with van der Waals surface area (Å²) in [6.45, 7) is 10.0. The number of H-pyrrole nitrogens is 2. The molecular formula is C31H28FN7. The lowest BCUT2D eigenvalue weighted by Gasteiger charge is -2.28. The van der Waals surface area contributed by atoms with Crippen LogP contribution in [0.4, 0.5) is 4.39 Å². The Morgan fingerprint density at radius 2 is 2.05 bits per heavy atom. The molecule has 1 saturated carbocycles. The molecule has 1 fully saturated rings. The van der Waals surface area contributed by atoms with Crippen LogP contribution in [0.3, 0.4) is 0 Å². The van der Waals surface area contributed by atoms with E-state index in [-0.39, 0.29) is 5.82 Å². The first-order valence-electron chi connectivity index (χ1n) is 13.0. The molecule has 0 saturated heterocycles. The van der Waals surface area contributed by atoms with Gasteiger partial charge in [-0.25, -0.2) is 14.4 Å². The number of pyridine rings is 2. The highest BCUT2D eigenvalue weighted by atomic mass is 19.1. The molecule has 8 heteroatoms. The number of halogens is 1. The lowest BCUT2D eigenvalue weighted by molar-refractivity contribution is 0.356. The quantitative estimate of drug-likeness (QED) is 0.191. The fourth-order valence-electron chi connectivity index (χ4n) is 4.93. The summed E-state index contributed by atoms with van der Waals surface area (Å²) in [5.74, 6) is 0.516. The Morgan fingerprint density at radius 1 is 1.18 bits per heavy atom. The van der Waals surface area contributed by atoms with Crippen LogP contribution in [0.5, 0.6) is 0 Å². The first-order valence-corrected chi connectivity index (χ1v) is 13.0. The Bertz CT molecular complexity index is 1770. The Balaban J connectivity index is 1.41. The van der Waals surface area contributed by atoms with E-state index in [1.54, 1.807) is 30.7 Å². The van der Waals surface area contributed by atoms with E-state index in [1.165, 1.54) is 6.42 Å². The highest BCUT2D eigenvalue weighted by Crippen LogP contribution is 2.35. The summed E-state index contributed by atoms with van der Waals surface area (Å²) < 4.78 is 16.2. The summed E-state index contributed by atoms with van der Waals surface area (Å²) in [6, 6.07) is 9.34. The molecule has 0 radical (unpaired) electrons. The van der Waals surface area contributed by atoms with Crippen LogP contribution in [-0.4, -0.2) is 30.1 Å². The minimum absolute atomic E-state index is 0.356. The summed E-state index contributed by atoms with van der Waals surface area (Å²) in [7, 11) is 0. The fourth-order valence-corrected chi connectivity index (χ4v) is 4.93. The zero-order valence-corrected chi connectivity index (χ0v) is 21.6. The topological polar surface area (TPSA) is 95.2 Å². The van der Waals surface area contributed by atoms with Crippen molar-refractivity contribution in [1.82, 2.24) is 35.5 Å². The minimum atomic E-state index is -0.386. The second-order valence-corrected chi connectivity index (χ2v) is 9.63. The third-order valence-corrected chi connectivity index (χ3v) is 7.31. The number of nitrogens with zero attached hydrogens (tertiary/aromatic N) is 4. The van der Waals surface area contributed by atoms with E-state index in [2.05, 4.69) is 48.6 Å². The maximum absolute atomic E-state index is 16.2. The first-order chi connectivity index (χ1) is 19.1. The van der Waals surface area contributed by atoms with Gasteiger partial charge in [0.15, 0.2) is 11.5 Å². The van der Waals surface area contributed by atoms with Crippen molar-refractivity contribution >= 4 is 27.6 Å². The van der Waals surface area contributed by atoms with Crippen LogP contribution in [0, 0.1) is 11.7 Å². The summed E-state index contributed by atoms with van der Waals surface area (Å²) in [5, 5.41) is 11.1. The van der Waals surface area contributed by atoms with Crippen molar-refractivity contribution in [3.8, 4) is 22.6 Å². The van der Waals surface area contributed by atoms with Crippen molar-refractivity contribution in [3.63, 3.8) is 0 Å². The predicted octanol–water partition coefficient (Wildman–Crippen LogP) is 7.08. The summed E-state index contributed by atoms with van der Waals surface area (Å²) in [4.78, 5) is 16.6. The van der Waals surface area contributed by atoms with Crippen LogP contribution >= 0.6 is 0 Å². The van der Waals surface area contributed by atoms with Gasteiger partial charge in [-0.3, -0.25) is 10.1 Å². The first kappa shape index (κ1) is 24.5. The van der Waals surface area contributed by atoms with Crippen molar-refractivity contribution in [2.75, 3.05) is 0 Å². The van der Waals surface area contributed by atoms with Crippen molar-refractivity contribution in [1.29, 1.82) is 0 Å². The Hall–Kier alpha value is -4.85. The molecule has 1 aliphatic carbocycles. The van der Waals surface area contributed by atoms with Crippen LogP contribution in [0.25, 0.3) is 50.3 Å². The molecular weight excluding hydrogens is 489 g/mol. The number of allylic oxidation sites excluding steroid dienone is 5. The Labute approximate surface area is 225 Å². The Morgan fingerprint density at radius 3 is 2.77 bits per heavy atom. The lowest BCUT2D eigenvalue weighted by atomic mass is 9.83. The summed E-state index contributed by atoms with van der Waals surface area (Å²) in [5.41, 5.74) is 6.97. The van der Waals surface area contributed by atoms with Crippen LogP contribution < -0.4 is 5.32 Å². The van der Waals surface area contributed by atoms with Crippen LogP contribution in [0.2, 0.25) is 0 Å². The molecule has 0 amide bonds. The van der Waals surface area contributed by atoms with E-state index < -0.39 is 0 Å². The molecule has 3 N–H and O–H groups in total. The third kappa shape index (κ3) is 4.44. The van der Waals surface area contributed by atoms with Gasteiger partial charge in [0.1, 0.15) is 11.5 Å². The van der Waals surface area contributed by atoms with E-state index >= 15 is 4.39 Å². The van der Waals surface area contributed by atoms with Gasteiger partial charge < -0.3 is 10.3 Å². The molecule has 7 nitrogen and oxygen atoms in total. The van der Waals surface area contributed by atoms with E-state index in [0.29, 0.717) is 39.5 Å². The van der Waals surface area contributed by atoms with Crippen LogP contribution in [0.15, 0.2) is 91.7 Å². The van der Waals surface area contributed by atoms with Gasteiger partial charge in [-0.1, -0.05) is 31.7 Å². The zero-order valence-electron chi connectivity index (χ0n) is 21.6. The average molecular weight is 518 g/mol. The number of rotatable bonds is 8. The second kappa shape index (κ2) is 10.1. The van der Waals surface area contributed by atoms with E-state index in [9.17, 15) is 0 Å². The molecule has 0 unspecified atom stereocenters. The van der Waals surface area contributed by atoms with Crippen LogP contribution in [0.1, 0.15) is 31.7 Å². The van der Waals surface area contributed by atoms with E-state index in [4.69, 9.17) is 0 Å². The fraction of sp³-hybridized carbons (Fsp3) is 0.161. The maximum atomic E-state index is 16.2. The number of nitrogens with one attached hydrogen (secondary N) is 3. The monoisotopic (exact) mass is 517 g/mol. The molecule has 1 aromatic carbocycles. The molecule has 4 heterocycles. The van der Waals surface area contributed by atoms with Gasteiger partial charge in [0.25, 0.3) is 0 Å². The summed E-state index contributed by atoms with van der Waals surface area (Å²) in [6.07, 6.45) is 14.2. The number of imidazole rings is 1. The number of hydrogen-bond acceptors (Lipinski definition) is 5. The highest BCUT2D eigenvalue weighted by Gasteiger charge is 2.22. The van der Waals surface area contributed by atoms with Gasteiger partial charge in [0.05, 0.1) is 16.4 Å². The molecule has 0 aliphatic heterocycles. The molecule has 6 rings (SSSR count). The third-order valence-electron chi connectivity index (χ3n) is 7.31. The maximum Gasteiger partial charge on any atom is 0.178 e. The largest absolute Gasteiger partial charge is 0.359 e. The number of aromatic amines is 2. The summed E-state index contributed by atoms with van der Waals surface area (Å²) >= 11 is 0. The van der Waals surface area contributed by atoms with Gasteiger partial charge in [-0.15, -0.1) is 0 Å². The molecule has 194 valence electrons. The normalized spacial score (nSPS) is 14.5. The highest BCUT2D eigenvalue weighted by molar-refractivity contribution is 5.97. The molecule has 5 aromatic rings. The minimum Gasteiger partial charge on any atom is -0.359 e. The molecule has 4 aromatic heterocycles. The predicted molar refractivity (Wildman–Crippen MR) is 154 cm³/mol. The van der Waals surface area contributed by atoms with Gasteiger partial charge >= 0.3 is 0 Å². The van der Waals surface area contributed by atoms with Crippen molar-refractivity contribution in [3.05, 3.63) is 103 Å². The SMILES string of the molecule is C=C/C(=C\C(=C/C)c1ccc2[nH]nc(-c3nc4nccc(-c5cccnc5)c4[nH]3)c2c1F)NC(=C)C1CCC1. The van der Waals surface area contributed by atoms with Crippen molar-refractivity contribution in [2.24, 2.45) is 5.92 Å². The average Bonchev–Trinajstić information content (AvgIpc) is 3.55. The molecule has 1 aliphatic rings. The smallest absolute Gasteiger partial charge is 0.178 e. The van der Waals surface area contributed by atoms with Gasteiger partial charge in [0, 0.05) is 46.7 Å². The molecule has 0 spiro atoms. The zero-order chi connectivity index (χ0) is 26.9. The molecule has 0 bridgehead atoms. The number of aromatic nitrogens is 6. The number of fused-ring (bicyclic) bond motifs is 2. The number of benzene rings is 1. The van der Waals surface area contributed by atoms with Crippen molar-refractivity contribution in [2.45, 2.75) is 26.2 Å². The second-order valence-electron chi connectivity index (χ2n) is 9.63. The van der Waals surface area contributed by atoms with E-state index in [0.717, 1.165) is 46.5 Å². The van der Waals surface area contributed by atoms with Crippen LogP contribution in [-0.2, 0) is 0 Å². The lowest BCUT2D eigenvalue weighted by Crippen LogP contribution is -2.23. The van der Waals surface area contributed by atoms with Gasteiger partial charge in [-0.2, -0.15) is 5.10 Å². The Kier molecular flexibility index (Phi) is 6.36. The van der Waals surface area contributed by atoms with Gasteiger partial charge in [-0.05, 0) is 67.7 Å². The standard InChI is InChI=1S/C31H28FN7/c1-4-19(16-22(5-2)35-18(3)20-8-6-9-20)23-11-12-25-26(27(23)32)29(39-38-25)31-36-28-24(13-15-34-30(28)37-31)21-10-7-14-33-17-21/h4-5,7,10-17,20,35H,2-3,6,8-9H2,1H3,(H,38,39)(H,34,36,37)/b19-4+,22-16+.